The lowest BCUT2D eigenvalue weighted by atomic mass is 9.91. The van der Waals surface area contributed by atoms with Gasteiger partial charge in [-0.15, -0.1) is 0 Å². The molecule has 0 aromatic carbocycles. The van der Waals surface area contributed by atoms with E-state index in [-0.39, 0.29) is 23.9 Å². The van der Waals surface area contributed by atoms with E-state index in [2.05, 4.69) is 20.9 Å². The summed E-state index contributed by atoms with van der Waals surface area (Å²) in [5, 5.41) is 9.36. The molecule has 0 bridgehead atoms. The van der Waals surface area contributed by atoms with Gasteiger partial charge >= 0.3 is 0 Å². The van der Waals surface area contributed by atoms with Crippen LogP contribution in [-0.4, -0.2) is 66.1 Å². The van der Waals surface area contributed by atoms with Crippen LogP contribution in [0.2, 0.25) is 0 Å². The zero-order chi connectivity index (χ0) is 21.6. The van der Waals surface area contributed by atoms with E-state index in [4.69, 9.17) is 0 Å². The number of anilines is 1. The predicted octanol–water partition coefficient (Wildman–Crippen LogP) is 2.03. The molecule has 2 amide bonds. The van der Waals surface area contributed by atoms with Crippen molar-refractivity contribution in [3.63, 3.8) is 0 Å². The number of alkyl halides is 1. The Morgan fingerprint density at radius 1 is 1.16 bits per heavy atom. The van der Waals surface area contributed by atoms with Gasteiger partial charge in [-0.2, -0.15) is 0 Å². The highest BCUT2D eigenvalue weighted by molar-refractivity contribution is 5.87. The van der Waals surface area contributed by atoms with Crippen LogP contribution in [0.3, 0.4) is 0 Å². The summed E-state index contributed by atoms with van der Waals surface area (Å²) < 4.78 is 13.3. The van der Waals surface area contributed by atoms with Gasteiger partial charge in [0.15, 0.2) is 0 Å². The first-order chi connectivity index (χ1) is 15.1. The number of unbranched alkanes of at least 4 members (excludes halogenated alkanes) is 1. The zero-order valence-electron chi connectivity index (χ0n) is 18.1. The van der Waals surface area contributed by atoms with Gasteiger partial charge in [-0.1, -0.05) is 12.8 Å². The second kappa shape index (κ2) is 10.4. The maximum atomic E-state index is 13.3. The highest BCUT2D eigenvalue weighted by Crippen LogP contribution is 2.25. The first-order valence-electron chi connectivity index (χ1n) is 11.7. The summed E-state index contributed by atoms with van der Waals surface area (Å²) in [7, 11) is 0. The lowest BCUT2D eigenvalue weighted by Crippen LogP contribution is -2.52. The second-order valence-electron chi connectivity index (χ2n) is 9.12. The van der Waals surface area contributed by atoms with E-state index >= 15 is 0 Å². The smallest absolute Gasteiger partial charge is 0.242 e. The number of piperidine rings is 2. The summed E-state index contributed by atoms with van der Waals surface area (Å²) in [6.07, 6.45) is 9.79. The van der Waals surface area contributed by atoms with Gasteiger partial charge < -0.3 is 20.9 Å². The SMILES string of the molecule is O=C(NCCCCC1CCN(C(=O)C2CCC(F)CN2)CC1)C1Cc2cnccc2N1. The van der Waals surface area contributed by atoms with Crippen LogP contribution in [-0.2, 0) is 16.0 Å². The Kier molecular flexibility index (Phi) is 7.37. The number of carbonyl (C=O) groups excluding carboxylic acids is 2. The van der Waals surface area contributed by atoms with Crippen molar-refractivity contribution in [1.82, 2.24) is 20.5 Å². The van der Waals surface area contributed by atoms with E-state index in [0.717, 1.165) is 56.4 Å². The Balaban J connectivity index is 1.07. The van der Waals surface area contributed by atoms with Gasteiger partial charge in [0.1, 0.15) is 12.2 Å². The van der Waals surface area contributed by atoms with Crippen molar-refractivity contribution in [1.29, 1.82) is 0 Å². The highest BCUT2D eigenvalue weighted by atomic mass is 19.1. The summed E-state index contributed by atoms with van der Waals surface area (Å²) in [4.78, 5) is 31.0. The van der Waals surface area contributed by atoms with Gasteiger partial charge in [-0.05, 0) is 49.7 Å². The molecule has 31 heavy (non-hydrogen) atoms. The van der Waals surface area contributed by atoms with Crippen LogP contribution in [0.15, 0.2) is 18.5 Å². The molecular formula is C23H34FN5O2. The molecule has 170 valence electrons. The largest absolute Gasteiger partial charge is 0.373 e. The van der Waals surface area contributed by atoms with Crippen molar-refractivity contribution in [2.24, 2.45) is 5.92 Å². The monoisotopic (exact) mass is 431 g/mol. The number of halogens is 1. The van der Waals surface area contributed by atoms with Crippen molar-refractivity contribution in [3.8, 4) is 0 Å². The molecule has 3 atom stereocenters. The molecule has 0 aliphatic carbocycles. The van der Waals surface area contributed by atoms with E-state index < -0.39 is 6.17 Å². The molecule has 8 heteroatoms. The van der Waals surface area contributed by atoms with Crippen molar-refractivity contribution >= 4 is 17.5 Å². The van der Waals surface area contributed by atoms with Crippen LogP contribution in [0.4, 0.5) is 10.1 Å². The quantitative estimate of drug-likeness (QED) is 0.575. The van der Waals surface area contributed by atoms with Gasteiger partial charge in [-0.3, -0.25) is 14.6 Å². The summed E-state index contributed by atoms with van der Waals surface area (Å²) in [5.41, 5.74) is 2.10. The summed E-state index contributed by atoms with van der Waals surface area (Å²) >= 11 is 0. The molecule has 0 radical (unpaired) electrons. The molecule has 2 fully saturated rings. The Hall–Kier alpha value is -2.22. The van der Waals surface area contributed by atoms with E-state index in [1.807, 2.05) is 17.2 Å². The van der Waals surface area contributed by atoms with Crippen LogP contribution < -0.4 is 16.0 Å². The summed E-state index contributed by atoms with van der Waals surface area (Å²) in [5.74, 6) is 0.845. The molecule has 0 saturated carbocycles. The van der Waals surface area contributed by atoms with Crippen LogP contribution in [0.25, 0.3) is 0 Å². The first kappa shape index (κ1) is 22.0. The van der Waals surface area contributed by atoms with Crippen LogP contribution in [0, 0.1) is 5.92 Å². The lowest BCUT2D eigenvalue weighted by Gasteiger charge is -2.36. The number of carbonyl (C=O) groups is 2. The number of aromatic nitrogens is 1. The number of fused-ring (bicyclic) bond motifs is 1. The molecule has 3 aliphatic heterocycles. The number of hydrogen-bond donors (Lipinski definition) is 3. The Morgan fingerprint density at radius 3 is 2.74 bits per heavy atom. The summed E-state index contributed by atoms with van der Waals surface area (Å²) in [6.45, 7) is 2.61. The molecular weight excluding hydrogens is 397 g/mol. The number of likely N-dealkylation sites (tertiary alicyclic amines) is 1. The number of rotatable bonds is 7. The average molecular weight is 432 g/mol. The molecule has 4 heterocycles. The standard InChI is InChI=1S/C23H34FN5O2/c24-18-4-5-20(27-15-18)23(31)29-11-7-16(8-12-29)3-1-2-9-26-22(30)21-13-17-14-25-10-6-19(17)28-21/h6,10,14,16,18,20-21,27-28H,1-5,7-9,11-13,15H2,(H,26,30). The van der Waals surface area contributed by atoms with E-state index in [0.29, 0.717) is 38.3 Å². The van der Waals surface area contributed by atoms with E-state index in [1.54, 1.807) is 6.20 Å². The Morgan fingerprint density at radius 2 is 2.00 bits per heavy atom. The normalized spacial score (nSPS) is 26.2. The van der Waals surface area contributed by atoms with Gasteiger partial charge in [0.25, 0.3) is 0 Å². The fraction of sp³-hybridized carbons (Fsp3) is 0.696. The van der Waals surface area contributed by atoms with Crippen LogP contribution >= 0.6 is 0 Å². The van der Waals surface area contributed by atoms with Crippen LogP contribution in [0.1, 0.15) is 50.5 Å². The molecule has 3 aliphatic rings. The van der Waals surface area contributed by atoms with Crippen molar-refractivity contribution in [3.05, 3.63) is 24.0 Å². The summed E-state index contributed by atoms with van der Waals surface area (Å²) in [6, 6.07) is 1.51. The third-order valence-electron chi connectivity index (χ3n) is 6.89. The van der Waals surface area contributed by atoms with Gasteiger partial charge in [0.05, 0.1) is 6.04 Å². The van der Waals surface area contributed by atoms with Crippen molar-refractivity contribution in [2.75, 3.05) is 31.5 Å². The number of amides is 2. The minimum Gasteiger partial charge on any atom is -0.373 e. The molecule has 7 nitrogen and oxygen atoms in total. The third-order valence-corrected chi connectivity index (χ3v) is 6.89. The number of pyridine rings is 1. The Labute approximate surface area is 183 Å². The number of nitrogens with zero attached hydrogens (tertiary/aromatic N) is 2. The molecule has 3 unspecified atom stereocenters. The maximum absolute atomic E-state index is 13.3. The first-order valence-corrected chi connectivity index (χ1v) is 11.7. The predicted molar refractivity (Wildman–Crippen MR) is 117 cm³/mol. The van der Waals surface area contributed by atoms with Gasteiger partial charge in [-0.25, -0.2) is 4.39 Å². The van der Waals surface area contributed by atoms with Gasteiger partial charge in [0, 0.05) is 50.7 Å². The van der Waals surface area contributed by atoms with E-state index in [1.165, 1.54) is 0 Å². The molecule has 1 aromatic heterocycles. The number of hydrogen-bond acceptors (Lipinski definition) is 5. The Bertz CT molecular complexity index is 735. The topological polar surface area (TPSA) is 86.4 Å². The number of nitrogens with one attached hydrogen (secondary N) is 3. The van der Waals surface area contributed by atoms with Crippen molar-refractivity contribution < 1.29 is 14.0 Å². The second-order valence-corrected chi connectivity index (χ2v) is 9.12. The zero-order valence-corrected chi connectivity index (χ0v) is 18.1. The van der Waals surface area contributed by atoms with Gasteiger partial charge in [0.2, 0.25) is 11.8 Å². The minimum absolute atomic E-state index is 0.0541. The van der Waals surface area contributed by atoms with Crippen LogP contribution in [0.5, 0.6) is 0 Å². The minimum atomic E-state index is -0.817. The molecule has 0 spiro atoms. The molecule has 2 saturated heterocycles. The average Bonchev–Trinajstić information content (AvgIpc) is 3.24. The fourth-order valence-electron chi connectivity index (χ4n) is 4.94. The lowest BCUT2D eigenvalue weighted by molar-refractivity contribution is -0.135. The van der Waals surface area contributed by atoms with Crippen molar-refractivity contribution in [2.45, 2.75) is 69.6 Å². The van der Waals surface area contributed by atoms with E-state index in [9.17, 15) is 14.0 Å². The maximum Gasteiger partial charge on any atom is 0.242 e. The molecule has 1 aromatic rings. The highest BCUT2D eigenvalue weighted by Gasteiger charge is 2.31. The third kappa shape index (κ3) is 5.73. The fourth-order valence-corrected chi connectivity index (χ4v) is 4.94. The molecule has 3 N–H and O–H groups in total. The molecule has 4 rings (SSSR count).